The summed E-state index contributed by atoms with van der Waals surface area (Å²) in [6.07, 6.45) is 3.73. The van der Waals surface area contributed by atoms with Gasteiger partial charge >= 0.3 is 0 Å². The van der Waals surface area contributed by atoms with Crippen molar-refractivity contribution in [3.05, 3.63) is 0 Å². The van der Waals surface area contributed by atoms with Crippen LogP contribution >= 0.6 is 12.2 Å². The van der Waals surface area contributed by atoms with E-state index in [-0.39, 0.29) is 17.0 Å². The molecule has 0 aliphatic heterocycles. The zero-order chi connectivity index (χ0) is 7.11. The van der Waals surface area contributed by atoms with Gasteiger partial charge in [-0.3, -0.25) is 0 Å². The molecule has 0 aromatic rings. The molecule has 0 unspecified atom stereocenters. The van der Waals surface area contributed by atoms with Crippen LogP contribution in [0.25, 0.3) is 0 Å². The van der Waals surface area contributed by atoms with Crippen molar-refractivity contribution >= 4 is 17.3 Å². The first-order valence-electron chi connectivity index (χ1n) is 3.37. The van der Waals surface area contributed by atoms with Gasteiger partial charge in [-0.05, 0) is 6.42 Å². The van der Waals surface area contributed by atoms with Crippen molar-refractivity contribution < 1.29 is 22.7 Å². The summed E-state index contributed by atoms with van der Waals surface area (Å²) in [4.78, 5) is 0. The maximum Gasteiger partial charge on any atom is 0.264 e. The summed E-state index contributed by atoms with van der Waals surface area (Å²) < 4.78 is 0. The molecule has 0 aliphatic rings. The minimum atomic E-state index is 0. The van der Waals surface area contributed by atoms with E-state index in [4.69, 9.17) is 12.2 Å². The standard InChI is InChI=1S/C6H14N2S.BrH/c1-2-3-4-5-8-6(7)9;/h2-5H2,1H3,(H3,7,8,9);1H. The molecule has 0 rings (SSSR count). The van der Waals surface area contributed by atoms with E-state index in [0.29, 0.717) is 5.11 Å². The molecule has 0 radical (unpaired) electrons. The van der Waals surface area contributed by atoms with Gasteiger partial charge in [0.25, 0.3) is 5.11 Å². The number of halogens is 1. The average molecular weight is 227 g/mol. The van der Waals surface area contributed by atoms with Crippen molar-refractivity contribution in [3.8, 4) is 0 Å². The molecule has 0 atom stereocenters. The lowest BCUT2D eigenvalue weighted by Gasteiger charge is -1.97. The van der Waals surface area contributed by atoms with Gasteiger partial charge in [0, 0.05) is 18.8 Å². The SMILES string of the molecule is CCCCCNC([NH3+])=S.[Br-]. The van der Waals surface area contributed by atoms with Crippen molar-refractivity contribution in [1.82, 2.24) is 5.32 Å². The van der Waals surface area contributed by atoms with Crippen LogP contribution in [0.4, 0.5) is 0 Å². The van der Waals surface area contributed by atoms with Crippen LogP contribution in [0.5, 0.6) is 0 Å². The summed E-state index contributed by atoms with van der Waals surface area (Å²) in [5, 5.41) is 3.66. The molecule has 0 amide bonds. The molecule has 0 aromatic carbocycles. The van der Waals surface area contributed by atoms with Crippen molar-refractivity contribution in [3.63, 3.8) is 0 Å². The number of nitrogens with one attached hydrogen (secondary N) is 1. The van der Waals surface area contributed by atoms with Gasteiger partial charge in [0.15, 0.2) is 0 Å². The first-order valence-corrected chi connectivity index (χ1v) is 3.78. The number of hydrogen-bond acceptors (Lipinski definition) is 1. The molecule has 0 bridgehead atoms. The second kappa shape index (κ2) is 9.33. The Bertz CT molecular complexity index is 87.8. The zero-order valence-corrected chi connectivity index (χ0v) is 8.72. The molecule has 4 N–H and O–H groups in total. The lowest BCUT2D eigenvalue weighted by atomic mass is 10.2. The molecule has 0 spiro atoms. The Balaban J connectivity index is 0. The van der Waals surface area contributed by atoms with E-state index in [9.17, 15) is 0 Å². The number of quaternary nitrogens is 1. The summed E-state index contributed by atoms with van der Waals surface area (Å²) >= 11 is 4.72. The predicted octanol–water partition coefficient (Wildman–Crippen LogP) is -2.70. The van der Waals surface area contributed by atoms with Crippen molar-refractivity contribution in [2.24, 2.45) is 0 Å². The first kappa shape index (κ1) is 13.0. The fraction of sp³-hybridized carbons (Fsp3) is 0.833. The van der Waals surface area contributed by atoms with E-state index in [0.717, 1.165) is 6.54 Å². The molecule has 10 heavy (non-hydrogen) atoms. The van der Waals surface area contributed by atoms with Gasteiger partial charge in [0.1, 0.15) is 0 Å². The Kier molecular flexibility index (Phi) is 12.1. The van der Waals surface area contributed by atoms with Crippen molar-refractivity contribution in [1.29, 1.82) is 0 Å². The first-order chi connectivity index (χ1) is 4.27. The topological polar surface area (TPSA) is 39.7 Å². The van der Waals surface area contributed by atoms with Crippen LogP contribution in [0.3, 0.4) is 0 Å². The molecule has 0 saturated heterocycles. The molecular weight excluding hydrogens is 212 g/mol. The summed E-state index contributed by atoms with van der Waals surface area (Å²) in [6.45, 7) is 3.17. The highest BCUT2D eigenvalue weighted by atomic mass is 79.9. The van der Waals surface area contributed by atoms with Crippen molar-refractivity contribution in [2.75, 3.05) is 6.54 Å². The molecule has 2 nitrogen and oxygen atoms in total. The van der Waals surface area contributed by atoms with Gasteiger partial charge < -0.3 is 28.0 Å². The number of thiocarbonyl (C=S) groups is 1. The van der Waals surface area contributed by atoms with Gasteiger partial charge in [-0.2, -0.15) is 0 Å². The summed E-state index contributed by atoms with van der Waals surface area (Å²) in [5.41, 5.74) is 3.56. The molecule has 0 fully saturated rings. The predicted molar refractivity (Wildman–Crippen MR) is 43.0 cm³/mol. The lowest BCUT2D eigenvalue weighted by Crippen LogP contribution is -3.00. The molecule has 0 aromatic heterocycles. The van der Waals surface area contributed by atoms with E-state index in [1.807, 2.05) is 0 Å². The van der Waals surface area contributed by atoms with Gasteiger partial charge in [0.2, 0.25) is 0 Å². The van der Waals surface area contributed by atoms with Crippen LogP contribution < -0.4 is 28.0 Å². The third kappa shape index (κ3) is 11.2. The third-order valence-corrected chi connectivity index (χ3v) is 1.25. The van der Waals surface area contributed by atoms with E-state index in [1.54, 1.807) is 0 Å². The Morgan fingerprint density at radius 3 is 2.50 bits per heavy atom. The average Bonchev–Trinajstić information content (AvgIpc) is 1.80. The van der Waals surface area contributed by atoms with E-state index < -0.39 is 0 Å². The number of hydrogen-bond donors (Lipinski definition) is 2. The van der Waals surface area contributed by atoms with Crippen LogP contribution in [0.15, 0.2) is 0 Å². The lowest BCUT2D eigenvalue weighted by molar-refractivity contribution is -0.215. The quantitative estimate of drug-likeness (QED) is 0.405. The highest BCUT2D eigenvalue weighted by molar-refractivity contribution is 7.79. The Hall–Kier alpha value is 0.330. The van der Waals surface area contributed by atoms with E-state index in [2.05, 4.69) is 18.0 Å². The highest BCUT2D eigenvalue weighted by Gasteiger charge is 1.88. The Morgan fingerprint density at radius 2 is 2.10 bits per heavy atom. The van der Waals surface area contributed by atoms with Gasteiger partial charge in [-0.25, -0.2) is 0 Å². The second-order valence-corrected chi connectivity index (χ2v) is 2.55. The maximum absolute atomic E-state index is 4.72. The monoisotopic (exact) mass is 226 g/mol. The fourth-order valence-corrected chi connectivity index (χ4v) is 0.705. The summed E-state index contributed by atoms with van der Waals surface area (Å²) in [6, 6.07) is 0. The van der Waals surface area contributed by atoms with Crippen LogP contribution in [0.2, 0.25) is 0 Å². The van der Waals surface area contributed by atoms with Crippen molar-refractivity contribution in [2.45, 2.75) is 26.2 Å². The zero-order valence-electron chi connectivity index (χ0n) is 6.32. The molecule has 4 heteroatoms. The molecule has 0 saturated carbocycles. The second-order valence-electron chi connectivity index (χ2n) is 2.06. The molecular formula is C6H15BrN2S. The smallest absolute Gasteiger partial charge is 0.264 e. The Labute approximate surface area is 78.3 Å². The van der Waals surface area contributed by atoms with E-state index in [1.165, 1.54) is 19.3 Å². The van der Waals surface area contributed by atoms with Gasteiger partial charge in [-0.1, -0.05) is 19.8 Å². The maximum atomic E-state index is 4.72. The third-order valence-electron chi connectivity index (χ3n) is 1.10. The summed E-state index contributed by atoms with van der Waals surface area (Å²) in [5.74, 6) is 0. The Morgan fingerprint density at radius 1 is 1.50 bits per heavy atom. The van der Waals surface area contributed by atoms with Crippen LogP contribution in [0, 0.1) is 0 Å². The summed E-state index contributed by atoms with van der Waals surface area (Å²) in [7, 11) is 0. The molecule has 0 aliphatic carbocycles. The molecule has 62 valence electrons. The normalized spacial score (nSPS) is 8.20. The van der Waals surface area contributed by atoms with Crippen LogP contribution in [0.1, 0.15) is 26.2 Å². The largest absolute Gasteiger partial charge is 1.00 e. The minimum Gasteiger partial charge on any atom is -1.00 e. The van der Waals surface area contributed by atoms with E-state index >= 15 is 0 Å². The minimum absolute atomic E-state index is 0. The van der Waals surface area contributed by atoms with Gasteiger partial charge in [0.05, 0.1) is 0 Å². The van der Waals surface area contributed by atoms with Crippen LogP contribution in [-0.2, 0) is 0 Å². The van der Waals surface area contributed by atoms with Crippen LogP contribution in [-0.4, -0.2) is 11.7 Å². The number of unbranched alkanes of at least 4 members (excludes halogenated alkanes) is 2. The number of rotatable bonds is 4. The fourth-order valence-electron chi connectivity index (χ4n) is 0.603. The van der Waals surface area contributed by atoms with Gasteiger partial charge in [-0.15, -0.1) is 0 Å². The molecule has 0 heterocycles. The highest BCUT2D eigenvalue weighted by Crippen LogP contribution is 1.90.